The number of nitrogen functional groups attached to an aromatic ring is 1. The van der Waals surface area contributed by atoms with E-state index in [2.05, 4.69) is 19.0 Å². The van der Waals surface area contributed by atoms with Crippen LogP contribution in [0.2, 0.25) is 0 Å². The zero-order valence-corrected chi connectivity index (χ0v) is 12.1. The molecule has 21 heavy (non-hydrogen) atoms. The molecule has 0 bridgehead atoms. The van der Waals surface area contributed by atoms with Crippen LogP contribution < -0.4 is 5.73 Å². The van der Waals surface area contributed by atoms with Crippen LogP contribution in [0.15, 0.2) is 22.7 Å². The van der Waals surface area contributed by atoms with Crippen LogP contribution in [-0.4, -0.2) is 5.16 Å². The summed E-state index contributed by atoms with van der Waals surface area (Å²) < 4.78 is 32.6. The van der Waals surface area contributed by atoms with Crippen LogP contribution in [0.1, 0.15) is 44.8 Å². The monoisotopic (exact) mass is 292 g/mol. The Hall–Kier alpha value is -1.91. The molecule has 1 fully saturated rings. The summed E-state index contributed by atoms with van der Waals surface area (Å²) in [4.78, 5) is 0. The van der Waals surface area contributed by atoms with Gasteiger partial charge < -0.3 is 10.3 Å². The van der Waals surface area contributed by atoms with Gasteiger partial charge in [0.05, 0.1) is 5.56 Å². The van der Waals surface area contributed by atoms with Crippen molar-refractivity contribution < 1.29 is 13.3 Å². The molecule has 3 nitrogen and oxygen atoms in total. The van der Waals surface area contributed by atoms with Crippen molar-refractivity contribution in [2.45, 2.75) is 39.0 Å². The van der Waals surface area contributed by atoms with Gasteiger partial charge in [0.15, 0.2) is 11.6 Å². The van der Waals surface area contributed by atoms with Gasteiger partial charge in [-0.1, -0.05) is 25.4 Å². The van der Waals surface area contributed by atoms with E-state index in [9.17, 15) is 8.78 Å². The number of hydrogen-bond donors (Lipinski definition) is 1. The molecule has 0 radical (unpaired) electrons. The van der Waals surface area contributed by atoms with Crippen molar-refractivity contribution in [2.24, 2.45) is 5.41 Å². The summed E-state index contributed by atoms with van der Waals surface area (Å²) >= 11 is 0. The topological polar surface area (TPSA) is 52.0 Å². The molecule has 1 atom stereocenters. The highest BCUT2D eigenvalue weighted by Crippen LogP contribution is 2.52. The number of rotatable bonds is 2. The van der Waals surface area contributed by atoms with Gasteiger partial charge in [-0.3, -0.25) is 0 Å². The van der Waals surface area contributed by atoms with E-state index < -0.39 is 11.6 Å². The molecule has 112 valence electrons. The first kappa shape index (κ1) is 14.0. The van der Waals surface area contributed by atoms with Crippen LogP contribution in [0, 0.1) is 17.0 Å². The predicted molar refractivity (Wildman–Crippen MR) is 76.6 cm³/mol. The predicted octanol–water partition coefficient (Wildman–Crippen LogP) is 4.50. The number of nitrogens with zero attached hydrogens (tertiary/aromatic N) is 1. The normalized spacial score (nSPS) is 20.9. The van der Waals surface area contributed by atoms with Crippen molar-refractivity contribution in [3.8, 4) is 11.1 Å². The summed E-state index contributed by atoms with van der Waals surface area (Å²) in [6.07, 6.45) is 3.12. The third kappa shape index (κ3) is 2.30. The fraction of sp³-hybridized carbons (Fsp3) is 0.438. The Balaban J connectivity index is 2.13. The molecule has 2 N–H and O–H groups in total. The van der Waals surface area contributed by atoms with E-state index in [-0.39, 0.29) is 22.7 Å². The zero-order valence-electron chi connectivity index (χ0n) is 12.1. The molecule has 0 amide bonds. The number of benzene rings is 1. The largest absolute Gasteiger partial charge is 0.380 e. The quantitative estimate of drug-likeness (QED) is 0.887. The molecule has 1 aromatic carbocycles. The van der Waals surface area contributed by atoms with Gasteiger partial charge in [0, 0.05) is 17.5 Å². The number of halogens is 2. The summed E-state index contributed by atoms with van der Waals surface area (Å²) in [6.45, 7) is 4.32. The molecule has 1 aliphatic carbocycles. The molecule has 1 aromatic heterocycles. The number of nitrogens with two attached hydrogens (primary N) is 1. The van der Waals surface area contributed by atoms with Gasteiger partial charge in [-0.05, 0) is 30.4 Å². The Kier molecular flexibility index (Phi) is 3.23. The molecule has 0 saturated heterocycles. The lowest BCUT2D eigenvalue weighted by Gasteiger charge is -2.25. The summed E-state index contributed by atoms with van der Waals surface area (Å²) in [5.41, 5.74) is 6.63. The second kappa shape index (κ2) is 4.83. The number of hydrogen-bond acceptors (Lipinski definition) is 3. The summed E-state index contributed by atoms with van der Waals surface area (Å²) in [7, 11) is 0. The highest BCUT2D eigenvalue weighted by Gasteiger charge is 2.40. The maximum Gasteiger partial charge on any atom is 0.175 e. The molecule has 1 unspecified atom stereocenters. The molecular formula is C16H18F2N2O. The second-order valence-corrected chi connectivity index (χ2v) is 6.36. The Labute approximate surface area is 122 Å². The van der Waals surface area contributed by atoms with Crippen LogP contribution in [0.25, 0.3) is 11.1 Å². The Morgan fingerprint density at radius 3 is 2.71 bits per heavy atom. The Morgan fingerprint density at radius 1 is 1.33 bits per heavy atom. The van der Waals surface area contributed by atoms with Crippen molar-refractivity contribution in [1.29, 1.82) is 0 Å². The lowest BCUT2D eigenvalue weighted by Crippen LogP contribution is -2.15. The van der Waals surface area contributed by atoms with Crippen LogP contribution in [0.5, 0.6) is 0 Å². The minimum atomic E-state index is -0.651. The average molecular weight is 292 g/mol. The average Bonchev–Trinajstić information content (AvgIpc) is 2.92. The molecule has 1 aliphatic rings. The van der Waals surface area contributed by atoms with Crippen molar-refractivity contribution in [3.63, 3.8) is 0 Å². The van der Waals surface area contributed by atoms with Crippen LogP contribution in [0.3, 0.4) is 0 Å². The van der Waals surface area contributed by atoms with E-state index in [0.29, 0.717) is 11.3 Å². The van der Waals surface area contributed by atoms with Gasteiger partial charge in [-0.15, -0.1) is 0 Å². The third-order valence-corrected chi connectivity index (χ3v) is 4.52. The van der Waals surface area contributed by atoms with Crippen LogP contribution >= 0.6 is 0 Å². The molecule has 1 saturated carbocycles. The van der Waals surface area contributed by atoms with E-state index in [1.807, 2.05) is 0 Å². The molecular weight excluding hydrogens is 274 g/mol. The van der Waals surface area contributed by atoms with Crippen LogP contribution in [0.4, 0.5) is 14.6 Å². The Morgan fingerprint density at radius 2 is 2.10 bits per heavy atom. The molecule has 2 aromatic rings. The second-order valence-electron chi connectivity index (χ2n) is 6.36. The number of aromatic nitrogens is 1. The van der Waals surface area contributed by atoms with E-state index in [1.165, 1.54) is 12.1 Å². The maximum atomic E-state index is 14.1. The van der Waals surface area contributed by atoms with Crippen LogP contribution in [-0.2, 0) is 0 Å². The SMILES string of the molecule is CC1(C)CCCC1c1onc(N)c1-c1ccc(F)cc1F. The molecule has 3 rings (SSSR count). The van der Waals surface area contributed by atoms with Crippen molar-refractivity contribution in [1.82, 2.24) is 5.16 Å². The van der Waals surface area contributed by atoms with Gasteiger partial charge in [-0.2, -0.15) is 0 Å². The zero-order chi connectivity index (χ0) is 15.2. The first-order chi connectivity index (χ1) is 9.90. The van der Waals surface area contributed by atoms with Gasteiger partial charge in [0.1, 0.15) is 11.6 Å². The van der Waals surface area contributed by atoms with E-state index >= 15 is 0 Å². The summed E-state index contributed by atoms with van der Waals surface area (Å²) in [6, 6.07) is 3.46. The smallest absolute Gasteiger partial charge is 0.175 e. The first-order valence-corrected chi connectivity index (χ1v) is 7.10. The Bertz CT molecular complexity index is 679. The lowest BCUT2D eigenvalue weighted by molar-refractivity contribution is 0.269. The molecule has 5 heteroatoms. The third-order valence-electron chi connectivity index (χ3n) is 4.52. The first-order valence-electron chi connectivity index (χ1n) is 7.10. The highest BCUT2D eigenvalue weighted by molar-refractivity contribution is 5.76. The van der Waals surface area contributed by atoms with Crippen molar-refractivity contribution in [2.75, 3.05) is 5.73 Å². The molecule has 1 heterocycles. The lowest BCUT2D eigenvalue weighted by atomic mass is 9.79. The minimum absolute atomic E-state index is 0.0528. The standard InChI is InChI=1S/C16H18F2N2O/c1-16(2)7-3-4-11(16)14-13(15(19)20-21-14)10-6-5-9(17)8-12(10)18/h5-6,8,11H,3-4,7H2,1-2H3,(H2,19,20). The fourth-order valence-electron chi connectivity index (χ4n) is 3.33. The van der Waals surface area contributed by atoms with Gasteiger partial charge >= 0.3 is 0 Å². The fourth-order valence-corrected chi connectivity index (χ4v) is 3.33. The summed E-state index contributed by atoms with van der Waals surface area (Å²) in [5, 5.41) is 3.81. The van der Waals surface area contributed by atoms with E-state index in [4.69, 9.17) is 10.3 Å². The van der Waals surface area contributed by atoms with Gasteiger partial charge in [-0.25, -0.2) is 8.78 Å². The maximum absolute atomic E-state index is 14.1. The van der Waals surface area contributed by atoms with Crippen molar-refractivity contribution in [3.05, 3.63) is 35.6 Å². The minimum Gasteiger partial charge on any atom is -0.380 e. The van der Waals surface area contributed by atoms with E-state index in [0.717, 1.165) is 25.3 Å². The molecule has 0 aliphatic heterocycles. The molecule has 0 spiro atoms. The summed E-state index contributed by atoms with van der Waals surface area (Å²) in [5.74, 6) is -0.364. The number of anilines is 1. The highest BCUT2D eigenvalue weighted by atomic mass is 19.1. The van der Waals surface area contributed by atoms with Crippen molar-refractivity contribution >= 4 is 5.82 Å². The van der Waals surface area contributed by atoms with Gasteiger partial charge in [0.25, 0.3) is 0 Å². The van der Waals surface area contributed by atoms with Gasteiger partial charge in [0.2, 0.25) is 0 Å². The van der Waals surface area contributed by atoms with E-state index in [1.54, 1.807) is 0 Å².